The van der Waals surface area contributed by atoms with Gasteiger partial charge in [-0.3, -0.25) is 24.9 Å². The Balaban J connectivity index is 1.39. The minimum absolute atomic E-state index is 0.000435. The van der Waals surface area contributed by atoms with E-state index in [9.17, 15) is 10.1 Å². The summed E-state index contributed by atoms with van der Waals surface area (Å²) >= 11 is 6.28. The van der Waals surface area contributed by atoms with Gasteiger partial charge >= 0.3 is 0 Å². The van der Waals surface area contributed by atoms with Crippen LogP contribution in [0.15, 0.2) is 55.0 Å². The van der Waals surface area contributed by atoms with Crippen molar-refractivity contribution in [3.63, 3.8) is 0 Å². The molecule has 0 bridgehead atoms. The van der Waals surface area contributed by atoms with Gasteiger partial charge in [0.2, 0.25) is 0 Å². The van der Waals surface area contributed by atoms with Crippen molar-refractivity contribution in [3.8, 4) is 0 Å². The van der Waals surface area contributed by atoms with Gasteiger partial charge < -0.3 is 0 Å². The number of nitrogens with zero attached hydrogens (tertiary/aromatic N) is 4. The molecule has 1 saturated heterocycles. The second-order valence-electron chi connectivity index (χ2n) is 8.40. The molecule has 168 valence electrons. The molecule has 0 N–H and O–H groups in total. The largest absolute Gasteiger partial charge is 0.294 e. The zero-order valence-corrected chi connectivity index (χ0v) is 18.7. The van der Waals surface area contributed by atoms with Crippen LogP contribution in [0.1, 0.15) is 46.7 Å². The fraction of sp³-hybridized carbons (Fsp3) is 0.280. The summed E-state index contributed by atoms with van der Waals surface area (Å²) in [5.74, 6) is 0.365. The summed E-state index contributed by atoms with van der Waals surface area (Å²) in [6.07, 6.45) is 10.7. The number of pyridine rings is 2. The molecule has 0 radical (unpaired) electrons. The van der Waals surface area contributed by atoms with Crippen molar-refractivity contribution in [2.75, 3.05) is 13.1 Å². The van der Waals surface area contributed by atoms with Crippen LogP contribution in [0.4, 0.5) is 5.69 Å². The zero-order valence-electron chi connectivity index (χ0n) is 17.9. The summed E-state index contributed by atoms with van der Waals surface area (Å²) in [6, 6.07) is 11.5. The van der Waals surface area contributed by atoms with E-state index in [1.807, 2.05) is 41.5 Å². The number of nitro groups is 1. The summed E-state index contributed by atoms with van der Waals surface area (Å²) in [5.41, 5.74) is 4.95. The Morgan fingerprint density at radius 1 is 1.09 bits per heavy atom. The maximum absolute atomic E-state index is 11.3. The highest BCUT2D eigenvalue weighted by atomic mass is 35.5. The number of fused-ring (bicyclic) bond motifs is 2. The Morgan fingerprint density at radius 3 is 2.61 bits per heavy atom. The lowest BCUT2D eigenvalue weighted by Gasteiger charge is -2.36. The van der Waals surface area contributed by atoms with E-state index in [0.29, 0.717) is 17.5 Å². The van der Waals surface area contributed by atoms with Crippen molar-refractivity contribution in [1.82, 2.24) is 15.0 Å². The molecule has 1 unspecified atom stereocenters. The molecular formula is C25H23ClN4O3. The number of hydroxylamine groups is 2. The molecule has 33 heavy (non-hydrogen) atoms. The molecule has 0 spiro atoms. The minimum atomic E-state index is -0.399. The fourth-order valence-electron chi connectivity index (χ4n) is 4.73. The van der Waals surface area contributed by atoms with Crippen LogP contribution < -0.4 is 0 Å². The maximum atomic E-state index is 11.3. The van der Waals surface area contributed by atoms with Crippen LogP contribution in [-0.2, 0) is 11.4 Å². The van der Waals surface area contributed by atoms with E-state index in [1.54, 1.807) is 18.5 Å². The second-order valence-corrected chi connectivity index (χ2v) is 8.84. The Kier molecular flexibility index (Phi) is 6.17. The number of hydrogen-bond acceptors (Lipinski definition) is 6. The first-order valence-electron chi connectivity index (χ1n) is 11.0. The van der Waals surface area contributed by atoms with Gasteiger partial charge in [-0.1, -0.05) is 29.8 Å². The quantitative estimate of drug-likeness (QED) is 0.368. The molecule has 1 fully saturated rings. The van der Waals surface area contributed by atoms with Crippen molar-refractivity contribution in [2.45, 2.75) is 25.4 Å². The standard InChI is InChI=1S/C25H23ClN4O3/c26-21-3-4-23-19(13-21)1-2-20-14-22(30(31)32)15-28-25(20)24(23)18-7-11-29(12-8-18)33-16-17-5-9-27-10-6-17/h1-6,9-10,13-15,18,24H,7-8,11-12,16H2. The summed E-state index contributed by atoms with van der Waals surface area (Å²) in [5, 5.41) is 14.0. The van der Waals surface area contributed by atoms with E-state index >= 15 is 0 Å². The predicted octanol–water partition coefficient (Wildman–Crippen LogP) is 5.50. The molecule has 8 heteroatoms. The van der Waals surface area contributed by atoms with Gasteiger partial charge in [-0.25, -0.2) is 0 Å². The highest BCUT2D eigenvalue weighted by molar-refractivity contribution is 6.30. The van der Waals surface area contributed by atoms with Gasteiger partial charge in [0.15, 0.2) is 0 Å². The van der Waals surface area contributed by atoms with Crippen molar-refractivity contribution in [2.24, 2.45) is 5.92 Å². The fourth-order valence-corrected chi connectivity index (χ4v) is 4.91. The smallest absolute Gasteiger partial charge is 0.288 e. The van der Waals surface area contributed by atoms with E-state index in [-0.39, 0.29) is 11.6 Å². The second kappa shape index (κ2) is 9.39. The van der Waals surface area contributed by atoms with Gasteiger partial charge in [-0.15, -0.1) is 0 Å². The van der Waals surface area contributed by atoms with Gasteiger partial charge in [0.1, 0.15) is 6.20 Å². The predicted molar refractivity (Wildman–Crippen MR) is 126 cm³/mol. The lowest BCUT2D eigenvalue weighted by Crippen LogP contribution is -2.36. The van der Waals surface area contributed by atoms with Crippen molar-refractivity contribution in [1.29, 1.82) is 0 Å². The third kappa shape index (κ3) is 4.66. The molecule has 2 aromatic heterocycles. The molecule has 0 saturated carbocycles. The van der Waals surface area contributed by atoms with Crippen molar-refractivity contribution < 1.29 is 9.76 Å². The summed E-state index contributed by atoms with van der Waals surface area (Å²) in [4.78, 5) is 25.6. The van der Waals surface area contributed by atoms with Crippen LogP contribution >= 0.6 is 11.6 Å². The lowest BCUT2D eigenvalue weighted by atomic mass is 9.76. The topological polar surface area (TPSA) is 81.4 Å². The van der Waals surface area contributed by atoms with E-state index in [4.69, 9.17) is 16.4 Å². The Labute approximate surface area is 196 Å². The van der Waals surface area contributed by atoms with Gasteiger partial charge in [-0.05, 0) is 59.7 Å². The molecule has 5 rings (SSSR count). The molecule has 1 aliphatic heterocycles. The summed E-state index contributed by atoms with van der Waals surface area (Å²) in [7, 11) is 0. The zero-order chi connectivity index (χ0) is 22.8. The van der Waals surface area contributed by atoms with Gasteiger partial charge in [-0.2, -0.15) is 5.06 Å². The van der Waals surface area contributed by atoms with Gasteiger partial charge in [0.05, 0.1) is 17.2 Å². The highest BCUT2D eigenvalue weighted by Gasteiger charge is 2.34. The number of rotatable bonds is 5. The Hall–Kier alpha value is -3.13. The van der Waals surface area contributed by atoms with Crippen LogP contribution in [0.2, 0.25) is 5.02 Å². The van der Waals surface area contributed by atoms with E-state index < -0.39 is 4.92 Å². The van der Waals surface area contributed by atoms with Crippen molar-refractivity contribution in [3.05, 3.63) is 98.1 Å². The van der Waals surface area contributed by atoms with E-state index in [2.05, 4.69) is 16.0 Å². The monoisotopic (exact) mass is 462 g/mol. The first kappa shape index (κ1) is 21.7. The molecular weight excluding hydrogens is 440 g/mol. The van der Waals surface area contributed by atoms with Crippen LogP contribution in [-0.4, -0.2) is 33.0 Å². The molecule has 0 amide bonds. The number of hydrogen-bond donors (Lipinski definition) is 0. The lowest BCUT2D eigenvalue weighted by molar-refractivity contribution is -0.385. The number of piperidine rings is 1. The molecule has 7 nitrogen and oxygen atoms in total. The molecule has 1 atom stereocenters. The van der Waals surface area contributed by atoms with Crippen molar-refractivity contribution >= 4 is 29.4 Å². The average molecular weight is 463 g/mol. The molecule has 1 aliphatic carbocycles. The first-order chi connectivity index (χ1) is 16.1. The van der Waals surface area contributed by atoms with E-state index in [1.165, 1.54) is 6.20 Å². The van der Waals surface area contributed by atoms with Gasteiger partial charge in [0, 0.05) is 48.1 Å². The average Bonchev–Trinajstić information content (AvgIpc) is 3.00. The summed E-state index contributed by atoms with van der Waals surface area (Å²) in [6.45, 7) is 2.14. The molecule has 1 aromatic carbocycles. The Morgan fingerprint density at radius 2 is 1.85 bits per heavy atom. The maximum Gasteiger partial charge on any atom is 0.288 e. The number of halogens is 1. The molecule has 3 aromatic rings. The molecule has 2 aliphatic rings. The third-order valence-corrected chi connectivity index (χ3v) is 6.64. The Bertz CT molecular complexity index is 1190. The number of benzene rings is 1. The highest BCUT2D eigenvalue weighted by Crippen LogP contribution is 2.43. The van der Waals surface area contributed by atoms with Gasteiger partial charge in [0.25, 0.3) is 5.69 Å². The normalized spacial score (nSPS) is 18.4. The molecule has 3 heterocycles. The summed E-state index contributed by atoms with van der Waals surface area (Å²) < 4.78 is 0. The van der Waals surface area contributed by atoms with E-state index in [0.717, 1.165) is 53.9 Å². The van der Waals surface area contributed by atoms with Crippen LogP contribution in [0.25, 0.3) is 12.2 Å². The first-order valence-corrected chi connectivity index (χ1v) is 11.3. The SMILES string of the molecule is O=[N+]([O-])c1cnc2c(c1)C=Cc1cc(Cl)ccc1C2C1CCN(OCc2ccncc2)CC1. The van der Waals surface area contributed by atoms with Crippen LogP contribution in [0.3, 0.4) is 0 Å². The van der Waals surface area contributed by atoms with Crippen LogP contribution in [0.5, 0.6) is 0 Å². The van der Waals surface area contributed by atoms with Crippen LogP contribution in [0, 0.1) is 16.0 Å². The number of aromatic nitrogens is 2. The minimum Gasteiger partial charge on any atom is -0.294 e. The third-order valence-electron chi connectivity index (χ3n) is 6.40.